The van der Waals surface area contributed by atoms with Gasteiger partial charge in [-0.15, -0.1) is 0 Å². The highest BCUT2D eigenvalue weighted by Gasteiger charge is 1.99. The van der Waals surface area contributed by atoms with Gasteiger partial charge in [-0.1, -0.05) is 6.58 Å². The lowest BCUT2D eigenvalue weighted by atomic mass is 10.7. The Morgan fingerprint density at radius 3 is 2.67 bits per heavy atom. The highest BCUT2D eigenvalue weighted by Crippen LogP contribution is 2.21. The lowest BCUT2D eigenvalue weighted by molar-refractivity contribution is -0.129. The highest BCUT2D eigenvalue weighted by atomic mass is 31.1. The minimum absolute atomic E-state index is 0.735. The number of carbonyl (C=O) groups is 1. The van der Waals surface area contributed by atoms with Crippen molar-refractivity contribution in [2.45, 2.75) is 0 Å². The molecule has 0 fully saturated rings. The van der Waals surface area contributed by atoms with Crippen LogP contribution < -0.4 is 0 Å². The van der Waals surface area contributed by atoms with Gasteiger partial charge in [-0.3, -0.25) is 0 Å². The molecule has 0 aliphatic carbocycles. The lowest BCUT2D eigenvalue weighted by Gasteiger charge is -1.96. The maximum Gasteiger partial charge on any atom is 0.369 e. The Balaban J connectivity index is 3.59. The van der Waals surface area contributed by atoms with Gasteiger partial charge in [-0.05, 0) is 0 Å². The molecule has 1 unspecified atom stereocenters. The van der Waals surface area contributed by atoms with Crippen LogP contribution in [0.3, 0.4) is 0 Å². The van der Waals surface area contributed by atoms with E-state index < -0.39 is 14.2 Å². The molecule has 0 N–H and O–H groups in total. The van der Waals surface area contributed by atoms with E-state index in [0.29, 0.717) is 0 Å². The van der Waals surface area contributed by atoms with E-state index in [9.17, 15) is 9.36 Å². The first kappa shape index (κ1) is 8.40. The van der Waals surface area contributed by atoms with Gasteiger partial charge in [0.05, 0.1) is 0 Å². The molecule has 0 radical (unpaired) electrons. The zero-order valence-electron chi connectivity index (χ0n) is 4.92. The lowest BCUT2D eigenvalue weighted by Crippen LogP contribution is -1.91. The zero-order valence-corrected chi connectivity index (χ0v) is 5.92. The van der Waals surface area contributed by atoms with Crippen molar-refractivity contribution >= 4 is 14.2 Å². The van der Waals surface area contributed by atoms with Crippen LogP contribution >= 0.6 is 8.25 Å². The average Bonchev–Trinajstić information content (AvgIpc) is 1.87. The predicted octanol–water partition coefficient (Wildman–Crippen LogP) is 0.752. The van der Waals surface area contributed by atoms with Crippen LogP contribution in [0, 0.1) is 0 Å². The van der Waals surface area contributed by atoms with Gasteiger partial charge in [0.2, 0.25) is 0 Å². The van der Waals surface area contributed by atoms with Crippen LogP contribution in [0.15, 0.2) is 12.7 Å². The molecule has 0 aromatic rings. The summed E-state index contributed by atoms with van der Waals surface area (Å²) < 4.78 is 18.5. The molecule has 0 aliphatic rings. The van der Waals surface area contributed by atoms with Crippen LogP contribution in [0.4, 0.5) is 0 Å². The molecule has 0 spiro atoms. The second-order valence-corrected chi connectivity index (χ2v) is 2.19. The Morgan fingerprint density at radius 1 is 1.78 bits per heavy atom. The molecule has 4 nitrogen and oxygen atoms in total. The van der Waals surface area contributed by atoms with E-state index >= 15 is 0 Å². The molecule has 9 heavy (non-hydrogen) atoms. The molecule has 0 heterocycles. The Bertz CT molecular complexity index is 142. The van der Waals surface area contributed by atoms with Gasteiger partial charge >= 0.3 is 14.2 Å². The van der Waals surface area contributed by atoms with Gasteiger partial charge in [-0.25, -0.2) is 9.36 Å². The summed E-state index contributed by atoms with van der Waals surface area (Å²) >= 11 is 0. The maximum atomic E-state index is 10.3. The fourth-order valence-electron chi connectivity index (χ4n) is 0.165. The molecule has 52 valence electrons. The third kappa shape index (κ3) is 3.94. The van der Waals surface area contributed by atoms with Gasteiger partial charge in [0.1, 0.15) is 0 Å². The predicted molar refractivity (Wildman–Crippen MR) is 32.3 cm³/mol. The third-order valence-electron chi connectivity index (χ3n) is 0.517. The summed E-state index contributed by atoms with van der Waals surface area (Å²) in [7, 11) is -1.42. The molecular weight excluding hydrogens is 143 g/mol. The van der Waals surface area contributed by atoms with Crippen molar-refractivity contribution in [3.63, 3.8) is 0 Å². The van der Waals surface area contributed by atoms with Crippen molar-refractivity contribution in [3.05, 3.63) is 12.7 Å². The van der Waals surface area contributed by atoms with E-state index in [-0.39, 0.29) is 0 Å². The first-order chi connectivity index (χ1) is 4.20. The molecule has 0 aromatic carbocycles. The Labute approximate surface area is 53.4 Å². The number of rotatable bonds is 3. The zero-order chi connectivity index (χ0) is 7.28. The maximum absolute atomic E-state index is 10.3. The molecule has 0 bridgehead atoms. The van der Waals surface area contributed by atoms with Crippen LogP contribution in [0.2, 0.25) is 0 Å². The van der Waals surface area contributed by atoms with Crippen LogP contribution in [0.5, 0.6) is 0 Å². The van der Waals surface area contributed by atoms with Crippen molar-refractivity contribution < 1.29 is 18.4 Å². The minimum atomic E-state index is -2.61. The van der Waals surface area contributed by atoms with Crippen LogP contribution in [0.1, 0.15) is 0 Å². The van der Waals surface area contributed by atoms with Gasteiger partial charge in [0.15, 0.2) is 0 Å². The third-order valence-corrected chi connectivity index (χ3v) is 1.22. The fraction of sp³-hybridized carbons (Fsp3) is 0.250. The second-order valence-electron chi connectivity index (χ2n) is 1.08. The summed E-state index contributed by atoms with van der Waals surface area (Å²) in [6.07, 6.45) is 0.918. The first-order valence-corrected chi connectivity index (χ1v) is 3.35. The SMILES string of the molecule is C=CC(=O)O[PH](=O)OC. The van der Waals surface area contributed by atoms with E-state index in [4.69, 9.17) is 0 Å². The Hall–Kier alpha value is -0.600. The summed E-state index contributed by atoms with van der Waals surface area (Å²) in [5.41, 5.74) is 0. The fourth-order valence-corrected chi connectivity index (χ4v) is 0.496. The molecule has 0 aromatic heterocycles. The molecule has 0 aliphatic heterocycles. The minimum Gasteiger partial charge on any atom is -0.390 e. The van der Waals surface area contributed by atoms with Crippen LogP contribution in [-0.2, 0) is 18.4 Å². The highest BCUT2D eigenvalue weighted by molar-refractivity contribution is 7.34. The van der Waals surface area contributed by atoms with E-state index in [1.165, 1.54) is 7.11 Å². The first-order valence-electron chi connectivity index (χ1n) is 2.13. The molecule has 5 heteroatoms. The summed E-state index contributed by atoms with van der Waals surface area (Å²) in [6, 6.07) is 0. The molecule has 0 rings (SSSR count). The van der Waals surface area contributed by atoms with E-state index in [1.54, 1.807) is 0 Å². The number of hydrogen-bond donors (Lipinski definition) is 0. The second kappa shape index (κ2) is 4.30. The molecule has 0 amide bonds. The summed E-state index contributed by atoms with van der Waals surface area (Å²) in [4.78, 5) is 10.2. The monoisotopic (exact) mass is 150 g/mol. The van der Waals surface area contributed by atoms with Gasteiger partial charge in [-0.2, -0.15) is 0 Å². The van der Waals surface area contributed by atoms with E-state index in [0.717, 1.165) is 6.08 Å². The van der Waals surface area contributed by atoms with Crippen LogP contribution in [-0.4, -0.2) is 13.1 Å². The van der Waals surface area contributed by atoms with E-state index in [2.05, 4.69) is 15.6 Å². The van der Waals surface area contributed by atoms with Crippen molar-refractivity contribution in [1.29, 1.82) is 0 Å². The molecule has 0 saturated heterocycles. The molecule has 0 saturated carbocycles. The summed E-state index contributed by atoms with van der Waals surface area (Å²) in [6.45, 7) is 3.10. The average molecular weight is 150 g/mol. The summed E-state index contributed by atoms with van der Waals surface area (Å²) in [5.74, 6) is -0.735. The smallest absolute Gasteiger partial charge is 0.369 e. The van der Waals surface area contributed by atoms with Crippen molar-refractivity contribution in [2.24, 2.45) is 0 Å². The van der Waals surface area contributed by atoms with Crippen molar-refractivity contribution in [1.82, 2.24) is 0 Å². The topological polar surface area (TPSA) is 52.6 Å². The largest absolute Gasteiger partial charge is 0.390 e. The Morgan fingerprint density at radius 2 is 2.33 bits per heavy atom. The molecular formula is C4H7O4P. The number of carbonyl (C=O) groups excluding carboxylic acids is 1. The molecule has 1 atom stereocenters. The van der Waals surface area contributed by atoms with Gasteiger partial charge < -0.3 is 9.05 Å². The van der Waals surface area contributed by atoms with Crippen molar-refractivity contribution in [2.75, 3.05) is 7.11 Å². The normalized spacial score (nSPS) is 12.1. The Kier molecular flexibility index (Phi) is 4.01. The van der Waals surface area contributed by atoms with E-state index in [1.807, 2.05) is 0 Å². The van der Waals surface area contributed by atoms with Crippen molar-refractivity contribution in [3.8, 4) is 0 Å². The van der Waals surface area contributed by atoms with Gasteiger partial charge in [0.25, 0.3) is 0 Å². The van der Waals surface area contributed by atoms with Crippen LogP contribution in [0.25, 0.3) is 0 Å². The number of hydrogen-bond acceptors (Lipinski definition) is 4. The standard InChI is InChI=1S/C4H7O4P/c1-3-4(5)8-9(6)7-2/h3,9H,1H2,2H3. The quantitative estimate of drug-likeness (QED) is 0.440. The summed E-state index contributed by atoms with van der Waals surface area (Å²) in [5, 5.41) is 0. The van der Waals surface area contributed by atoms with Gasteiger partial charge in [0, 0.05) is 13.2 Å².